The third-order valence-electron chi connectivity index (χ3n) is 6.13. The number of rotatable bonds is 6. The number of para-hydroxylation sites is 1. The number of carbonyl (C=O) groups is 2. The third-order valence-corrected chi connectivity index (χ3v) is 6.13. The molecule has 0 saturated carbocycles. The number of carbonyl (C=O) groups excluding carboxylic acids is 2. The number of pyridine rings is 1. The summed E-state index contributed by atoms with van der Waals surface area (Å²) in [5.41, 5.74) is 2.88. The summed E-state index contributed by atoms with van der Waals surface area (Å²) in [5.74, 6) is -3.27. The van der Waals surface area contributed by atoms with Gasteiger partial charge in [0.1, 0.15) is 0 Å². The maximum Gasteiger partial charge on any atom is 0.281 e. The smallest absolute Gasteiger partial charge is 0.281 e. The first-order valence-corrected chi connectivity index (χ1v) is 11.1. The zero-order chi connectivity index (χ0) is 22.6. The summed E-state index contributed by atoms with van der Waals surface area (Å²) in [5, 5.41) is 3.39. The number of hydrogen-bond donors (Lipinski definition) is 1. The molecule has 0 spiro atoms. The molecule has 32 heavy (non-hydrogen) atoms. The zero-order valence-electron chi connectivity index (χ0n) is 18.3. The van der Waals surface area contributed by atoms with Crippen LogP contribution in [0.2, 0.25) is 0 Å². The molecule has 1 aromatic heterocycles. The minimum Gasteiger partial charge on any atom is -0.338 e. The Morgan fingerprint density at radius 1 is 1.06 bits per heavy atom. The van der Waals surface area contributed by atoms with E-state index < -0.39 is 17.6 Å². The van der Waals surface area contributed by atoms with Crippen LogP contribution in [0.5, 0.6) is 0 Å². The quantitative estimate of drug-likeness (QED) is 0.597. The number of nitrogens with one attached hydrogen (secondary N) is 1. The Hall–Kier alpha value is -3.28. The van der Waals surface area contributed by atoms with Crippen molar-refractivity contribution in [3.63, 3.8) is 0 Å². The fourth-order valence-electron chi connectivity index (χ4n) is 4.56. The van der Waals surface area contributed by atoms with E-state index in [4.69, 9.17) is 0 Å². The lowest BCUT2D eigenvalue weighted by Gasteiger charge is -2.36. The summed E-state index contributed by atoms with van der Waals surface area (Å²) in [4.78, 5) is 30.9. The largest absolute Gasteiger partial charge is 0.338 e. The molecule has 2 heterocycles. The van der Waals surface area contributed by atoms with Gasteiger partial charge in [-0.15, -0.1) is 0 Å². The highest BCUT2D eigenvalue weighted by atomic mass is 19.1. The molecule has 0 aliphatic carbocycles. The molecule has 1 aliphatic heterocycles. The Kier molecular flexibility index (Phi) is 6.49. The second-order valence-electron chi connectivity index (χ2n) is 8.58. The van der Waals surface area contributed by atoms with Crippen molar-refractivity contribution in [2.24, 2.45) is 5.92 Å². The summed E-state index contributed by atoms with van der Waals surface area (Å²) in [6.45, 7) is 2.18. The van der Waals surface area contributed by atoms with E-state index in [1.54, 1.807) is 29.2 Å². The van der Waals surface area contributed by atoms with Crippen molar-refractivity contribution >= 4 is 22.7 Å². The topological polar surface area (TPSA) is 62.3 Å². The molecule has 166 valence electrons. The van der Waals surface area contributed by atoms with Gasteiger partial charge < -0.3 is 10.2 Å². The van der Waals surface area contributed by atoms with Gasteiger partial charge in [0.15, 0.2) is 0 Å². The molecular weight excluding hydrogens is 405 g/mol. The molecule has 5 nitrogen and oxygen atoms in total. The van der Waals surface area contributed by atoms with E-state index in [1.165, 1.54) is 12.5 Å². The number of likely N-dealkylation sites (tertiary alicyclic amines) is 1. The summed E-state index contributed by atoms with van der Waals surface area (Å²) < 4.78 is 15.8. The van der Waals surface area contributed by atoms with Gasteiger partial charge in [0.2, 0.25) is 5.91 Å². The van der Waals surface area contributed by atoms with E-state index in [-0.39, 0.29) is 6.42 Å². The number of halogens is 1. The van der Waals surface area contributed by atoms with Crippen molar-refractivity contribution in [3.05, 3.63) is 78.0 Å². The van der Waals surface area contributed by atoms with Gasteiger partial charge in [0, 0.05) is 38.0 Å². The van der Waals surface area contributed by atoms with Crippen molar-refractivity contribution < 1.29 is 14.0 Å². The summed E-state index contributed by atoms with van der Waals surface area (Å²) in [7, 11) is 0. The molecule has 0 radical (unpaired) electrons. The number of amides is 2. The predicted molar refractivity (Wildman–Crippen MR) is 123 cm³/mol. The number of hydrogen-bond acceptors (Lipinski definition) is 3. The minimum absolute atomic E-state index is 0.187. The van der Waals surface area contributed by atoms with E-state index in [1.807, 2.05) is 24.4 Å². The summed E-state index contributed by atoms with van der Waals surface area (Å²) >= 11 is 0. The van der Waals surface area contributed by atoms with Crippen molar-refractivity contribution in [2.75, 3.05) is 13.1 Å². The van der Waals surface area contributed by atoms with Crippen LogP contribution in [0.4, 0.5) is 4.39 Å². The number of nitrogens with zero attached hydrogens (tertiary/aromatic N) is 2. The minimum atomic E-state index is -2.44. The van der Waals surface area contributed by atoms with Gasteiger partial charge in [-0.1, -0.05) is 54.6 Å². The normalized spacial score (nSPS) is 16.5. The maximum absolute atomic E-state index is 15.8. The Labute approximate surface area is 187 Å². The average molecular weight is 434 g/mol. The van der Waals surface area contributed by atoms with Crippen LogP contribution in [0.15, 0.2) is 66.9 Å². The molecule has 1 atom stereocenters. The molecule has 1 aliphatic rings. The number of aromatic nitrogens is 1. The van der Waals surface area contributed by atoms with Gasteiger partial charge in [0.05, 0.1) is 5.52 Å². The standard InChI is InChI=1S/C26H28FN3O2/c1-19(31)29-26(27,18-21-7-3-2-4-8-21)25(32)30-15-12-20(13-16-30)17-23-10-5-9-22-11-6-14-28-24(22)23/h2-11,14,20H,12-13,15-18H2,1H3,(H,29,31)/t26-/m1/s1. The van der Waals surface area contributed by atoms with Gasteiger partial charge in [-0.3, -0.25) is 14.6 Å². The summed E-state index contributed by atoms with van der Waals surface area (Å²) in [6.07, 6.45) is 4.08. The van der Waals surface area contributed by atoms with E-state index in [0.717, 1.165) is 30.2 Å². The van der Waals surface area contributed by atoms with Gasteiger partial charge in [-0.25, -0.2) is 4.39 Å². The molecule has 1 N–H and O–H groups in total. The molecule has 0 bridgehead atoms. The van der Waals surface area contributed by atoms with Crippen LogP contribution in [0.25, 0.3) is 10.9 Å². The molecular formula is C26H28FN3O2. The Morgan fingerprint density at radius 3 is 2.50 bits per heavy atom. The molecule has 1 saturated heterocycles. The van der Waals surface area contributed by atoms with Crippen LogP contribution in [0.3, 0.4) is 0 Å². The molecule has 3 aromatic rings. The number of alkyl halides is 1. The first kappa shape index (κ1) is 21.9. The highest BCUT2D eigenvalue weighted by molar-refractivity contribution is 5.89. The fraction of sp³-hybridized carbons (Fsp3) is 0.346. The van der Waals surface area contributed by atoms with E-state index in [0.29, 0.717) is 24.6 Å². The van der Waals surface area contributed by atoms with Gasteiger partial charge in [0.25, 0.3) is 11.7 Å². The highest BCUT2D eigenvalue weighted by Crippen LogP contribution is 2.27. The van der Waals surface area contributed by atoms with Crippen LogP contribution < -0.4 is 5.32 Å². The lowest BCUT2D eigenvalue weighted by Crippen LogP contribution is -2.59. The molecule has 6 heteroatoms. The predicted octanol–water partition coefficient (Wildman–Crippen LogP) is 4.06. The van der Waals surface area contributed by atoms with Crippen molar-refractivity contribution in [1.29, 1.82) is 0 Å². The van der Waals surface area contributed by atoms with Gasteiger partial charge in [-0.2, -0.15) is 0 Å². The second-order valence-corrected chi connectivity index (χ2v) is 8.58. The average Bonchev–Trinajstić information content (AvgIpc) is 2.79. The van der Waals surface area contributed by atoms with Crippen LogP contribution in [0, 0.1) is 5.92 Å². The van der Waals surface area contributed by atoms with E-state index >= 15 is 4.39 Å². The zero-order valence-corrected chi connectivity index (χ0v) is 18.3. The van der Waals surface area contributed by atoms with Crippen LogP contribution in [-0.2, 0) is 22.4 Å². The monoisotopic (exact) mass is 433 g/mol. The number of benzene rings is 2. The van der Waals surface area contributed by atoms with Gasteiger partial charge in [-0.05, 0) is 42.4 Å². The van der Waals surface area contributed by atoms with Crippen LogP contribution in [0.1, 0.15) is 30.9 Å². The van der Waals surface area contributed by atoms with E-state index in [9.17, 15) is 9.59 Å². The number of piperidine rings is 1. The van der Waals surface area contributed by atoms with Gasteiger partial charge >= 0.3 is 0 Å². The molecule has 2 aromatic carbocycles. The molecule has 0 unspecified atom stereocenters. The van der Waals surface area contributed by atoms with Crippen LogP contribution >= 0.6 is 0 Å². The fourth-order valence-corrected chi connectivity index (χ4v) is 4.56. The maximum atomic E-state index is 15.8. The van der Waals surface area contributed by atoms with Crippen molar-refractivity contribution in [2.45, 2.75) is 38.4 Å². The Morgan fingerprint density at radius 2 is 1.78 bits per heavy atom. The lowest BCUT2D eigenvalue weighted by molar-refractivity contribution is -0.151. The first-order valence-electron chi connectivity index (χ1n) is 11.1. The number of fused-ring (bicyclic) bond motifs is 1. The van der Waals surface area contributed by atoms with Crippen molar-refractivity contribution in [1.82, 2.24) is 15.2 Å². The molecule has 4 rings (SSSR count). The van der Waals surface area contributed by atoms with Crippen molar-refractivity contribution in [3.8, 4) is 0 Å². The van der Waals surface area contributed by atoms with Crippen LogP contribution in [-0.4, -0.2) is 40.6 Å². The molecule has 1 fully saturated rings. The Balaban J connectivity index is 1.42. The highest BCUT2D eigenvalue weighted by Gasteiger charge is 2.43. The molecule has 2 amide bonds. The lowest BCUT2D eigenvalue weighted by atomic mass is 9.88. The van der Waals surface area contributed by atoms with E-state index in [2.05, 4.69) is 28.5 Å². The first-order chi connectivity index (χ1) is 15.4. The Bertz CT molecular complexity index is 1090. The third kappa shape index (κ3) is 4.96. The SMILES string of the molecule is CC(=O)N[C@](F)(Cc1ccccc1)C(=O)N1CCC(Cc2cccc3cccnc23)CC1. The summed E-state index contributed by atoms with van der Waals surface area (Å²) in [6, 6.07) is 19.1. The second kappa shape index (κ2) is 9.47.